The molecule has 2 aromatic heterocycles. The van der Waals surface area contributed by atoms with Crippen LogP contribution in [0.25, 0.3) is 11.2 Å². The van der Waals surface area contributed by atoms with Crippen molar-refractivity contribution in [2.45, 2.75) is 69.7 Å². The van der Waals surface area contributed by atoms with Gasteiger partial charge in [-0.25, -0.2) is 9.65 Å². The second-order valence-corrected chi connectivity index (χ2v) is 23.3. The van der Waals surface area contributed by atoms with Crippen LogP contribution in [0.2, 0.25) is 12.6 Å². The number of amides is 1. The molecule has 2 N–H and O–H groups in total. The number of rotatable bonds is 18. The topological polar surface area (TPSA) is 142 Å². The first-order valence-corrected chi connectivity index (χ1v) is 26.7. The normalized spacial score (nSPS) is 18.0. The van der Waals surface area contributed by atoms with Gasteiger partial charge in [-0.05, 0) is 59.8 Å². The lowest BCUT2D eigenvalue weighted by molar-refractivity contribution is -0.118. The van der Waals surface area contributed by atoms with Gasteiger partial charge in [-0.2, -0.15) is 4.98 Å². The predicted molar refractivity (Wildman–Crippen MR) is 265 cm³/mol. The van der Waals surface area contributed by atoms with Gasteiger partial charge < -0.3 is 27.8 Å². The Morgan fingerprint density at radius 3 is 1.99 bits per heavy atom. The Kier molecular flexibility index (Phi) is 13.8. The lowest BCUT2D eigenvalue weighted by atomic mass is 9.80. The van der Waals surface area contributed by atoms with Crippen molar-refractivity contribution in [1.82, 2.24) is 24.2 Å². The van der Waals surface area contributed by atoms with E-state index in [1.807, 2.05) is 66.7 Å². The summed E-state index contributed by atoms with van der Waals surface area (Å²) in [5.74, 6) is 0.885. The number of anilines is 1. The summed E-state index contributed by atoms with van der Waals surface area (Å²) in [6.07, 6.45) is 2.94. The first kappa shape index (κ1) is 46.1. The van der Waals surface area contributed by atoms with Crippen LogP contribution in [0.15, 0.2) is 151 Å². The number of carbonyl (C=O) groups excluding carboxylic acids is 1. The number of hydrogen-bond donors (Lipinski definition) is 2. The van der Waals surface area contributed by atoms with Crippen LogP contribution in [0.1, 0.15) is 43.4 Å². The quantitative estimate of drug-likeness (QED) is 0.0493. The zero-order chi connectivity index (χ0) is 46.5. The van der Waals surface area contributed by atoms with Crippen LogP contribution in [-0.4, -0.2) is 83.8 Å². The third-order valence-electron chi connectivity index (χ3n) is 13.1. The van der Waals surface area contributed by atoms with Gasteiger partial charge in [-0.3, -0.25) is 19.9 Å². The number of imidazole rings is 1. The van der Waals surface area contributed by atoms with Gasteiger partial charge in [-0.15, -0.1) is 0 Å². The van der Waals surface area contributed by atoms with E-state index in [-0.39, 0.29) is 48.6 Å². The molecule has 0 spiro atoms. The highest BCUT2D eigenvalue weighted by Crippen LogP contribution is 2.58. The lowest BCUT2D eigenvalue weighted by Gasteiger charge is -2.37. The van der Waals surface area contributed by atoms with Crippen LogP contribution in [0, 0.1) is 5.92 Å². The van der Waals surface area contributed by atoms with Crippen LogP contribution in [0.5, 0.6) is 11.5 Å². The minimum atomic E-state index is -2.30. The maximum absolute atomic E-state index is 13.4. The maximum Gasteiger partial charge on any atom is 0.280 e. The van der Waals surface area contributed by atoms with E-state index in [0.29, 0.717) is 5.65 Å². The summed E-state index contributed by atoms with van der Waals surface area (Å²) in [5, 5.41) is 5.48. The third-order valence-corrected chi connectivity index (χ3v) is 19.4. The van der Waals surface area contributed by atoms with E-state index in [2.05, 4.69) is 99.3 Å². The highest BCUT2D eigenvalue weighted by Gasteiger charge is 2.51. The molecule has 4 heterocycles. The Hall–Kier alpha value is -5.99. The summed E-state index contributed by atoms with van der Waals surface area (Å²) in [6, 6.07) is 48.9. The minimum absolute atomic E-state index is 0.0454. The van der Waals surface area contributed by atoms with Crippen LogP contribution in [0.4, 0.5) is 5.95 Å². The number of nitrogens with zero attached hydrogens (tertiary/aromatic N) is 4. The van der Waals surface area contributed by atoms with E-state index in [4.69, 9.17) is 28.2 Å². The van der Waals surface area contributed by atoms with E-state index < -0.39 is 33.9 Å². The van der Waals surface area contributed by atoms with Crippen molar-refractivity contribution in [3.8, 4) is 11.5 Å². The Morgan fingerprint density at radius 2 is 1.42 bits per heavy atom. The second kappa shape index (κ2) is 20.1. The number of carbonyl (C=O) groups is 1. The van der Waals surface area contributed by atoms with Gasteiger partial charge >= 0.3 is 0 Å². The molecule has 1 amide bonds. The molecule has 0 radical (unpaired) electrons. The number of nitrogens with one attached hydrogen (secondary N) is 2. The molecule has 7 aromatic rings. The zero-order valence-corrected chi connectivity index (χ0v) is 40.4. The van der Waals surface area contributed by atoms with Crippen molar-refractivity contribution in [3.05, 3.63) is 173 Å². The molecule has 2 saturated heterocycles. The molecule has 0 unspecified atom stereocenters. The van der Waals surface area contributed by atoms with Crippen molar-refractivity contribution in [2.24, 2.45) is 5.92 Å². The molecule has 2 fully saturated rings. The van der Waals surface area contributed by atoms with Gasteiger partial charge in [0, 0.05) is 18.5 Å². The van der Waals surface area contributed by atoms with Crippen LogP contribution in [0.3, 0.4) is 0 Å². The molecule has 0 aliphatic carbocycles. The van der Waals surface area contributed by atoms with E-state index in [1.165, 1.54) is 10.4 Å². The highest BCUT2D eigenvalue weighted by molar-refractivity contribution is 7.45. The summed E-state index contributed by atoms with van der Waals surface area (Å²) in [4.78, 5) is 38.1. The van der Waals surface area contributed by atoms with Crippen LogP contribution in [-0.2, 0) is 30.7 Å². The fourth-order valence-electron chi connectivity index (χ4n) is 9.44. The van der Waals surface area contributed by atoms with Crippen molar-refractivity contribution in [2.75, 3.05) is 32.7 Å². The molecule has 0 saturated carbocycles. The molecule has 5 aromatic carbocycles. The van der Waals surface area contributed by atoms with Crippen molar-refractivity contribution < 1.29 is 28.1 Å². The van der Waals surface area contributed by atoms with Crippen molar-refractivity contribution >= 4 is 50.0 Å². The molecule has 4 atom stereocenters. The van der Waals surface area contributed by atoms with E-state index in [9.17, 15) is 9.59 Å². The first-order valence-electron chi connectivity index (χ1n) is 22.9. The SMILES string of the molecule is COc1ccc(C(OC[C@H](Cn2cnc3c(=O)[nH]c(NC(=O)C(C)C)nc32)O[P@@]2O[C@H](C[Si](C)(c3ccccc3)c3ccccc3)[C@@H]3CCCN32)(c2ccccc2)c2ccc(OC)cc2)cc1. The standard InChI is InChI=1S/C52H57N6O7PSi/c1-36(2)49(59)55-51-54-48-47(50(60)56-51)53-35-57(48)32-42(33-63-52(37-16-9-6-10-17-37,38-23-27-40(61-3)28-24-38)39-25-29-41(62-4)30-26-39)64-66-58-31-15-22-45(58)46(65-66)34-67(5,43-18-11-7-12-19-43)44-20-13-8-14-21-44/h6-14,16-21,23-30,35-36,42,45-46H,15,22,31-34H2,1-5H3,(H2,54,55,56,59,60)/t42-,45-,46+,66-/m0/s1. The van der Waals surface area contributed by atoms with Crippen molar-refractivity contribution in [3.63, 3.8) is 0 Å². The summed E-state index contributed by atoms with van der Waals surface area (Å²) >= 11 is 0. The van der Waals surface area contributed by atoms with Gasteiger partial charge in [0.05, 0.1) is 39.8 Å². The molecular weight excluding hydrogens is 880 g/mol. The number of fused-ring (bicyclic) bond motifs is 2. The van der Waals surface area contributed by atoms with Crippen LogP contribution < -0.4 is 30.7 Å². The summed E-state index contributed by atoms with van der Waals surface area (Å²) < 4.78 is 37.5. The third kappa shape index (κ3) is 9.47. The van der Waals surface area contributed by atoms with Crippen molar-refractivity contribution in [1.29, 1.82) is 0 Å². The largest absolute Gasteiger partial charge is 0.497 e. The summed E-state index contributed by atoms with van der Waals surface area (Å²) in [6.45, 7) is 7.15. The Morgan fingerprint density at radius 1 is 0.851 bits per heavy atom. The Labute approximate surface area is 393 Å². The first-order chi connectivity index (χ1) is 32.6. The second-order valence-electron chi connectivity index (χ2n) is 17.7. The number of benzene rings is 5. The molecule has 2 aliphatic heterocycles. The molecule has 346 valence electrons. The summed E-state index contributed by atoms with van der Waals surface area (Å²) in [7, 11) is -0.564. The molecule has 0 bridgehead atoms. The fourth-order valence-corrected chi connectivity index (χ4v) is 15.3. The van der Waals surface area contributed by atoms with Gasteiger partial charge in [-0.1, -0.05) is 146 Å². The summed E-state index contributed by atoms with van der Waals surface area (Å²) in [5.41, 5.74) is 1.51. The van der Waals surface area contributed by atoms with Gasteiger partial charge in [0.25, 0.3) is 14.1 Å². The van der Waals surface area contributed by atoms with Gasteiger partial charge in [0.1, 0.15) is 31.3 Å². The average molecular weight is 937 g/mol. The fraction of sp³-hybridized carbons (Fsp3) is 0.308. The number of methoxy groups -OCH3 is 2. The molecule has 9 rings (SSSR count). The van der Waals surface area contributed by atoms with E-state index in [0.717, 1.165) is 53.6 Å². The molecule has 13 nitrogen and oxygen atoms in total. The highest BCUT2D eigenvalue weighted by atomic mass is 31.2. The maximum atomic E-state index is 13.4. The van der Waals surface area contributed by atoms with Crippen LogP contribution >= 0.6 is 8.53 Å². The predicted octanol–water partition coefficient (Wildman–Crippen LogP) is 8.11. The van der Waals surface area contributed by atoms with E-state index >= 15 is 0 Å². The molecule has 2 aliphatic rings. The number of H-pyrrole nitrogens is 1. The number of ether oxygens (including phenoxy) is 3. The van der Waals surface area contributed by atoms with Gasteiger partial charge in [0.2, 0.25) is 11.9 Å². The number of aromatic amines is 1. The number of hydrogen-bond acceptors (Lipinski definition) is 10. The lowest BCUT2D eigenvalue weighted by Crippen LogP contribution is -2.58. The monoisotopic (exact) mass is 936 g/mol. The minimum Gasteiger partial charge on any atom is -0.497 e. The molecule has 15 heteroatoms. The molecule has 67 heavy (non-hydrogen) atoms. The zero-order valence-electron chi connectivity index (χ0n) is 38.5. The smallest absolute Gasteiger partial charge is 0.280 e. The molecular formula is C52H57N6O7PSi. The average Bonchev–Trinajstić information content (AvgIpc) is 4.10. The van der Waals surface area contributed by atoms with Gasteiger partial charge in [0.15, 0.2) is 11.2 Å². The Balaban J connectivity index is 1.11. The Bertz CT molecular complexity index is 2730. The number of aromatic nitrogens is 4. The van der Waals surface area contributed by atoms with E-state index in [1.54, 1.807) is 39.0 Å².